The Balaban J connectivity index is 2.88. The summed E-state index contributed by atoms with van der Waals surface area (Å²) >= 11 is 0. The number of hydrogen-bond acceptors (Lipinski definition) is 5. The molecule has 1 aromatic heterocycles. The van der Waals surface area contributed by atoms with Gasteiger partial charge < -0.3 is 15.3 Å². The van der Waals surface area contributed by atoms with Gasteiger partial charge in [0.05, 0.1) is 25.1 Å². The zero-order chi connectivity index (χ0) is 12.6. The van der Waals surface area contributed by atoms with Crippen LogP contribution < -0.4 is 20.9 Å². The SMILES string of the molecule is COc1cc2nc(C)n(N)c(=O)c2cc1OC. The predicted octanol–water partition coefficient (Wildman–Crippen LogP) is 0.436. The molecule has 0 amide bonds. The minimum Gasteiger partial charge on any atom is -0.493 e. The van der Waals surface area contributed by atoms with Crippen LogP contribution in [-0.2, 0) is 0 Å². The first kappa shape index (κ1) is 11.3. The van der Waals surface area contributed by atoms with Crippen molar-refractivity contribution in [2.75, 3.05) is 20.1 Å². The zero-order valence-electron chi connectivity index (χ0n) is 9.85. The van der Waals surface area contributed by atoms with E-state index in [0.29, 0.717) is 28.2 Å². The lowest BCUT2D eigenvalue weighted by Gasteiger charge is -2.10. The highest BCUT2D eigenvalue weighted by molar-refractivity contribution is 5.81. The van der Waals surface area contributed by atoms with Crippen LogP contribution in [0.4, 0.5) is 0 Å². The summed E-state index contributed by atoms with van der Waals surface area (Å²) in [6.45, 7) is 1.66. The molecule has 0 fully saturated rings. The van der Waals surface area contributed by atoms with Crippen molar-refractivity contribution < 1.29 is 9.47 Å². The van der Waals surface area contributed by atoms with Crippen LogP contribution in [-0.4, -0.2) is 23.9 Å². The van der Waals surface area contributed by atoms with Crippen LogP contribution in [0.2, 0.25) is 0 Å². The van der Waals surface area contributed by atoms with Crippen molar-refractivity contribution in [3.8, 4) is 11.5 Å². The van der Waals surface area contributed by atoms with Crippen LogP contribution >= 0.6 is 0 Å². The first-order valence-electron chi connectivity index (χ1n) is 4.99. The topological polar surface area (TPSA) is 79.4 Å². The quantitative estimate of drug-likeness (QED) is 0.764. The number of nitrogens with two attached hydrogens (primary N) is 1. The molecule has 0 unspecified atom stereocenters. The third kappa shape index (κ3) is 1.67. The molecule has 0 aliphatic carbocycles. The summed E-state index contributed by atoms with van der Waals surface area (Å²) in [7, 11) is 3.03. The van der Waals surface area contributed by atoms with Crippen LogP contribution in [0.1, 0.15) is 5.82 Å². The van der Waals surface area contributed by atoms with E-state index in [1.807, 2.05) is 0 Å². The Hall–Kier alpha value is -2.24. The maximum atomic E-state index is 11.9. The summed E-state index contributed by atoms with van der Waals surface area (Å²) in [6, 6.07) is 3.23. The third-order valence-electron chi connectivity index (χ3n) is 2.58. The molecule has 2 N–H and O–H groups in total. The zero-order valence-corrected chi connectivity index (χ0v) is 9.85. The van der Waals surface area contributed by atoms with Crippen molar-refractivity contribution >= 4 is 10.9 Å². The number of aryl methyl sites for hydroxylation is 1. The Bertz CT molecular complexity index is 634. The van der Waals surface area contributed by atoms with Crippen molar-refractivity contribution in [3.63, 3.8) is 0 Å². The van der Waals surface area contributed by atoms with Gasteiger partial charge in [0.1, 0.15) is 5.82 Å². The summed E-state index contributed by atoms with van der Waals surface area (Å²) in [6.07, 6.45) is 0. The average Bonchev–Trinajstić information content (AvgIpc) is 2.34. The fraction of sp³-hybridized carbons (Fsp3) is 0.273. The number of nitrogen functional groups attached to an aromatic ring is 1. The van der Waals surface area contributed by atoms with Crippen LogP contribution in [0.25, 0.3) is 10.9 Å². The van der Waals surface area contributed by atoms with Crippen LogP contribution in [0.3, 0.4) is 0 Å². The Morgan fingerprint density at radius 1 is 1.24 bits per heavy atom. The van der Waals surface area contributed by atoms with Crippen LogP contribution in [0.15, 0.2) is 16.9 Å². The molecule has 0 aliphatic rings. The molecule has 0 saturated carbocycles. The van der Waals surface area contributed by atoms with Crippen molar-refractivity contribution in [2.45, 2.75) is 6.92 Å². The number of aromatic nitrogens is 2. The van der Waals surface area contributed by atoms with Gasteiger partial charge in [0.15, 0.2) is 11.5 Å². The molecule has 0 saturated heterocycles. The number of benzene rings is 1. The second kappa shape index (κ2) is 3.97. The lowest BCUT2D eigenvalue weighted by molar-refractivity contribution is 0.355. The average molecular weight is 235 g/mol. The second-order valence-corrected chi connectivity index (χ2v) is 3.56. The van der Waals surface area contributed by atoms with E-state index in [-0.39, 0.29) is 5.56 Å². The molecule has 0 bridgehead atoms. The first-order chi connectivity index (χ1) is 8.08. The molecule has 6 nitrogen and oxygen atoms in total. The lowest BCUT2D eigenvalue weighted by atomic mass is 10.2. The minimum atomic E-state index is -0.312. The van der Waals surface area contributed by atoms with E-state index in [1.165, 1.54) is 14.2 Å². The Morgan fingerprint density at radius 3 is 2.41 bits per heavy atom. The molecule has 1 heterocycles. The number of methoxy groups -OCH3 is 2. The normalized spacial score (nSPS) is 10.5. The van der Waals surface area contributed by atoms with E-state index < -0.39 is 0 Å². The highest BCUT2D eigenvalue weighted by Gasteiger charge is 2.11. The predicted molar refractivity (Wildman–Crippen MR) is 64.0 cm³/mol. The Kier molecular flexibility index (Phi) is 2.63. The third-order valence-corrected chi connectivity index (χ3v) is 2.58. The highest BCUT2D eigenvalue weighted by Crippen LogP contribution is 2.29. The van der Waals surface area contributed by atoms with Gasteiger partial charge in [-0.3, -0.25) is 4.79 Å². The van der Waals surface area contributed by atoms with Gasteiger partial charge in [-0.1, -0.05) is 0 Å². The molecular formula is C11H13N3O3. The van der Waals surface area contributed by atoms with Gasteiger partial charge in [0, 0.05) is 6.07 Å². The smallest absolute Gasteiger partial charge is 0.279 e. The fourth-order valence-electron chi connectivity index (χ4n) is 1.64. The molecule has 0 atom stereocenters. The molecule has 0 radical (unpaired) electrons. The molecular weight excluding hydrogens is 222 g/mol. The summed E-state index contributed by atoms with van der Waals surface area (Å²) in [5, 5.41) is 0.399. The van der Waals surface area contributed by atoms with Crippen molar-refractivity contribution in [1.29, 1.82) is 0 Å². The van der Waals surface area contributed by atoms with Gasteiger partial charge in [0.2, 0.25) is 0 Å². The number of ether oxygens (including phenoxy) is 2. The standard InChI is InChI=1S/C11H13N3O3/c1-6-13-8-5-10(17-3)9(16-2)4-7(8)11(15)14(6)12/h4-5H,12H2,1-3H3. The van der Waals surface area contributed by atoms with Gasteiger partial charge in [-0.25, -0.2) is 9.66 Å². The van der Waals surface area contributed by atoms with Gasteiger partial charge in [-0.15, -0.1) is 0 Å². The van der Waals surface area contributed by atoms with Crippen LogP contribution in [0, 0.1) is 6.92 Å². The Labute approximate surface area is 97.6 Å². The maximum Gasteiger partial charge on any atom is 0.279 e. The molecule has 2 rings (SSSR count). The minimum absolute atomic E-state index is 0.312. The highest BCUT2D eigenvalue weighted by atomic mass is 16.5. The van der Waals surface area contributed by atoms with E-state index in [9.17, 15) is 4.79 Å². The second-order valence-electron chi connectivity index (χ2n) is 3.56. The molecule has 1 aromatic carbocycles. The number of rotatable bonds is 2. The molecule has 6 heteroatoms. The summed E-state index contributed by atoms with van der Waals surface area (Å²) < 4.78 is 11.3. The van der Waals surface area contributed by atoms with E-state index in [1.54, 1.807) is 19.1 Å². The van der Waals surface area contributed by atoms with Crippen molar-refractivity contribution in [2.24, 2.45) is 0 Å². The molecule has 2 aromatic rings. The van der Waals surface area contributed by atoms with Gasteiger partial charge >= 0.3 is 0 Å². The van der Waals surface area contributed by atoms with Crippen LogP contribution in [0.5, 0.6) is 11.5 Å². The first-order valence-corrected chi connectivity index (χ1v) is 4.99. The summed E-state index contributed by atoms with van der Waals surface area (Å²) in [5.41, 5.74) is 0.223. The van der Waals surface area contributed by atoms with E-state index in [0.717, 1.165) is 4.68 Å². The van der Waals surface area contributed by atoms with E-state index >= 15 is 0 Å². The van der Waals surface area contributed by atoms with E-state index in [4.69, 9.17) is 15.3 Å². The van der Waals surface area contributed by atoms with Crippen molar-refractivity contribution in [3.05, 3.63) is 28.3 Å². The fourth-order valence-corrected chi connectivity index (χ4v) is 1.64. The van der Waals surface area contributed by atoms with Gasteiger partial charge in [-0.05, 0) is 13.0 Å². The maximum absolute atomic E-state index is 11.9. The molecule has 0 aliphatic heterocycles. The molecule has 17 heavy (non-hydrogen) atoms. The Morgan fingerprint density at radius 2 is 1.82 bits per heavy atom. The summed E-state index contributed by atoms with van der Waals surface area (Å²) in [4.78, 5) is 16.1. The number of hydrogen-bond donors (Lipinski definition) is 1. The van der Waals surface area contributed by atoms with Gasteiger partial charge in [0.25, 0.3) is 5.56 Å². The lowest BCUT2D eigenvalue weighted by Crippen LogP contribution is -2.30. The van der Waals surface area contributed by atoms with E-state index in [2.05, 4.69) is 4.98 Å². The number of nitrogens with zero attached hydrogens (tertiary/aromatic N) is 2. The largest absolute Gasteiger partial charge is 0.493 e. The number of fused-ring (bicyclic) bond motifs is 1. The monoisotopic (exact) mass is 235 g/mol. The molecule has 90 valence electrons. The van der Waals surface area contributed by atoms with Crippen molar-refractivity contribution in [1.82, 2.24) is 9.66 Å². The molecule has 0 spiro atoms. The van der Waals surface area contributed by atoms with Gasteiger partial charge in [-0.2, -0.15) is 0 Å². The summed E-state index contributed by atoms with van der Waals surface area (Å²) in [5.74, 6) is 7.02.